The molecule has 0 radical (unpaired) electrons. The third-order valence-corrected chi connectivity index (χ3v) is 2.90. The van der Waals surface area contributed by atoms with Gasteiger partial charge in [-0.05, 0) is 25.0 Å². The highest BCUT2D eigenvalue weighted by molar-refractivity contribution is 5.63. The van der Waals surface area contributed by atoms with Gasteiger partial charge < -0.3 is 15.4 Å². The Balaban J connectivity index is 2.19. The van der Waals surface area contributed by atoms with Crippen LogP contribution >= 0.6 is 0 Å². The van der Waals surface area contributed by atoms with Crippen LogP contribution in [0.4, 0.5) is 17.5 Å². The van der Waals surface area contributed by atoms with Crippen LogP contribution in [0.15, 0.2) is 30.3 Å². The van der Waals surface area contributed by atoms with Crippen LogP contribution in [0.3, 0.4) is 0 Å². The smallest absolute Gasteiger partial charge is 0.229 e. The lowest BCUT2D eigenvalue weighted by Gasteiger charge is -2.12. The van der Waals surface area contributed by atoms with E-state index in [1.165, 1.54) is 0 Å². The number of nitrogens with zero attached hydrogens (tertiary/aromatic N) is 2. The Labute approximate surface area is 125 Å². The van der Waals surface area contributed by atoms with Crippen LogP contribution in [0, 0.1) is 12.8 Å². The number of hydrogen-bond acceptors (Lipinski definition) is 5. The van der Waals surface area contributed by atoms with E-state index in [4.69, 9.17) is 4.74 Å². The second kappa shape index (κ2) is 6.92. The van der Waals surface area contributed by atoms with E-state index >= 15 is 0 Å². The topological polar surface area (TPSA) is 59.1 Å². The molecule has 0 atom stereocenters. The van der Waals surface area contributed by atoms with E-state index in [1.807, 2.05) is 37.3 Å². The highest BCUT2D eigenvalue weighted by atomic mass is 16.5. The van der Waals surface area contributed by atoms with Crippen molar-refractivity contribution in [3.8, 4) is 5.75 Å². The molecule has 2 rings (SSSR count). The van der Waals surface area contributed by atoms with Crippen LogP contribution < -0.4 is 15.4 Å². The number of para-hydroxylation sites is 2. The minimum Gasteiger partial charge on any atom is -0.495 e. The first kappa shape index (κ1) is 15.1. The lowest BCUT2D eigenvalue weighted by molar-refractivity contribution is 0.417. The molecule has 2 aromatic rings. The quantitative estimate of drug-likeness (QED) is 0.849. The molecule has 1 aromatic heterocycles. The van der Waals surface area contributed by atoms with Crippen molar-refractivity contribution in [2.75, 3.05) is 24.3 Å². The Morgan fingerprint density at radius 1 is 1.19 bits per heavy atom. The van der Waals surface area contributed by atoms with Gasteiger partial charge in [-0.15, -0.1) is 0 Å². The van der Waals surface area contributed by atoms with Crippen molar-refractivity contribution < 1.29 is 4.74 Å². The van der Waals surface area contributed by atoms with Crippen LogP contribution in [-0.2, 0) is 0 Å². The summed E-state index contributed by atoms with van der Waals surface area (Å²) in [5.41, 5.74) is 1.76. The average molecular weight is 286 g/mol. The summed E-state index contributed by atoms with van der Waals surface area (Å²) in [6.07, 6.45) is 0. The Bertz CT molecular complexity index is 599. The summed E-state index contributed by atoms with van der Waals surface area (Å²) in [4.78, 5) is 8.90. The number of aryl methyl sites for hydroxylation is 1. The van der Waals surface area contributed by atoms with E-state index in [-0.39, 0.29) is 0 Å². The molecule has 5 heteroatoms. The molecule has 5 nitrogen and oxygen atoms in total. The third kappa shape index (κ3) is 4.34. The summed E-state index contributed by atoms with van der Waals surface area (Å²) in [5.74, 6) is 2.71. The summed E-state index contributed by atoms with van der Waals surface area (Å²) in [7, 11) is 1.65. The lowest BCUT2D eigenvalue weighted by atomic mass is 10.2. The predicted octanol–water partition coefficient (Wildman–Crippen LogP) is 3.61. The average Bonchev–Trinajstić information content (AvgIpc) is 2.45. The summed E-state index contributed by atoms with van der Waals surface area (Å²) in [5, 5.41) is 6.52. The molecule has 0 aliphatic heterocycles. The number of rotatable bonds is 6. The van der Waals surface area contributed by atoms with Crippen molar-refractivity contribution in [2.45, 2.75) is 20.8 Å². The summed E-state index contributed by atoms with van der Waals surface area (Å²) in [6.45, 7) is 7.16. The van der Waals surface area contributed by atoms with Gasteiger partial charge in [0.2, 0.25) is 5.95 Å². The molecule has 0 bridgehead atoms. The van der Waals surface area contributed by atoms with Gasteiger partial charge in [0, 0.05) is 18.3 Å². The van der Waals surface area contributed by atoms with Crippen LogP contribution in [0.2, 0.25) is 0 Å². The maximum atomic E-state index is 5.32. The molecule has 112 valence electrons. The fraction of sp³-hybridized carbons (Fsp3) is 0.375. The highest BCUT2D eigenvalue weighted by Crippen LogP contribution is 2.26. The fourth-order valence-corrected chi connectivity index (χ4v) is 1.89. The van der Waals surface area contributed by atoms with E-state index in [0.717, 1.165) is 29.5 Å². The molecule has 1 heterocycles. The molecule has 0 unspecified atom stereocenters. The Hall–Kier alpha value is -2.30. The molecule has 0 aliphatic rings. The molecular weight excluding hydrogens is 264 g/mol. The summed E-state index contributed by atoms with van der Waals surface area (Å²) in [6, 6.07) is 9.65. The van der Waals surface area contributed by atoms with E-state index in [0.29, 0.717) is 11.9 Å². The lowest BCUT2D eigenvalue weighted by Crippen LogP contribution is -2.11. The molecule has 0 amide bonds. The van der Waals surface area contributed by atoms with Gasteiger partial charge in [-0.3, -0.25) is 0 Å². The molecule has 0 saturated heterocycles. The van der Waals surface area contributed by atoms with Crippen molar-refractivity contribution in [3.05, 3.63) is 36.0 Å². The van der Waals surface area contributed by atoms with Gasteiger partial charge in [0.15, 0.2) is 0 Å². The molecule has 1 aromatic carbocycles. The zero-order valence-corrected chi connectivity index (χ0v) is 13.0. The van der Waals surface area contributed by atoms with Gasteiger partial charge in [-0.25, -0.2) is 4.98 Å². The van der Waals surface area contributed by atoms with Gasteiger partial charge in [0.1, 0.15) is 11.6 Å². The Morgan fingerprint density at radius 3 is 2.67 bits per heavy atom. The van der Waals surface area contributed by atoms with Crippen molar-refractivity contribution in [1.82, 2.24) is 9.97 Å². The normalized spacial score (nSPS) is 10.5. The first-order chi connectivity index (χ1) is 10.1. The number of ether oxygens (including phenoxy) is 1. The molecule has 2 N–H and O–H groups in total. The predicted molar refractivity (Wildman–Crippen MR) is 86.4 cm³/mol. The third-order valence-electron chi connectivity index (χ3n) is 2.90. The van der Waals surface area contributed by atoms with E-state index in [1.54, 1.807) is 7.11 Å². The fourth-order valence-electron chi connectivity index (χ4n) is 1.89. The van der Waals surface area contributed by atoms with Gasteiger partial charge in [0.05, 0.1) is 12.8 Å². The zero-order valence-electron chi connectivity index (χ0n) is 13.0. The van der Waals surface area contributed by atoms with Crippen molar-refractivity contribution in [3.63, 3.8) is 0 Å². The Kier molecular flexibility index (Phi) is 4.98. The summed E-state index contributed by atoms with van der Waals surface area (Å²) >= 11 is 0. The van der Waals surface area contributed by atoms with Crippen LogP contribution in [0.5, 0.6) is 5.75 Å². The second-order valence-corrected chi connectivity index (χ2v) is 5.32. The zero-order chi connectivity index (χ0) is 15.2. The molecular formula is C16H22N4O. The number of hydrogen-bond donors (Lipinski definition) is 2. The first-order valence-electron chi connectivity index (χ1n) is 7.08. The Morgan fingerprint density at radius 2 is 1.95 bits per heavy atom. The maximum absolute atomic E-state index is 5.32. The second-order valence-electron chi connectivity index (χ2n) is 5.32. The molecule has 0 spiro atoms. The van der Waals surface area contributed by atoms with Crippen molar-refractivity contribution >= 4 is 17.5 Å². The minimum atomic E-state index is 0.561. The van der Waals surface area contributed by atoms with Crippen LogP contribution in [0.1, 0.15) is 19.5 Å². The number of anilines is 3. The highest BCUT2D eigenvalue weighted by Gasteiger charge is 2.06. The minimum absolute atomic E-state index is 0.561. The molecule has 0 fully saturated rings. The number of methoxy groups -OCH3 is 1. The van der Waals surface area contributed by atoms with Crippen molar-refractivity contribution in [1.29, 1.82) is 0 Å². The van der Waals surface area contributed by atoms with Gasteiger partial charge in [-0.2, -0.15) is 4.98 Å². The van der Waals surface area contributed by atoms with Gasteiger partial charge in [-0.1, -0.05) is 26.0 Å². The standard InChI is InChI=1S/C16H22N4O/c1-11(2)10-17-15-9-12(3)18-16(20-15)19-13-7-5-6-8-14(13)21-4/h5-9,11H,10H2,1-4H3,(H2,17,18,19,20). The van der Waals surface area contributed by atoms with E-state index < -0.39 is 0 Å². The monoisotopic (exact) mass is 286 g/mol. The SMILES string of the molecule is COc1ccccc1Nc1nc(C)cc(NCC(C)C)n1. The molecule has 0 saturated carbocycles. The molecule has 0 aliphatic carbocycles. The maximum Gasteiger partial charge on any atom is 0.229 e. The number of nitrogens with one attached hydrogen (secondary N) is 2. The summed E-state index contributed by atoms with van der Waals surface area (Å²) < 4.78 is 5.32. The number of aromatic nitrogens is 2. The van der Waals surface area contributed by atoms with E-state index in [2.05, 4.69) is 34.4 Å². The van der Waals surface area contributed by atoms with Crippen LogP contribution in [-0.4, -0.2) is 23.6 Å². The van der Waals surface area contributed by atoms with Crippen LogP contribution in [0.25, 0.3) is 0 Å². The van der Waals surface area contributed by atoms with Gasteiger partial charge in [0.25, 0.3) is 0 Å². The van der Waals surface area contributed by atoms with Crippen molar-refractivity contribution in [2.24, 2.45) is 5.92 Å². The van der Waals surface area contributed by atoms with Gasteiger partial charge >= 0.3 is 0 Å². The largest absolute Gasteiger partial charge is 0.495 e. The molecule has 21 heavy (non-hydrogen) atoms. The number of benzene rings is 1. The first-order valence-corrected chi connectivity index (χ1v) is 7.08. The van der Waals surface area contributed by atoms with E-state index in [9.17, 15) is 0 Å².